The second kappa shape index (κ2) is 3.51. The van der Waals surface area contributed by atoms with E-state index in [1.165, 1.54) is 0 Å². The van der Waals surface area contributed by atoms with Crippen molar-refractivity contribution < 1.29 is 0 Å². The van der Waals surface area contributed by atoms with Crippen LogP contribution in [0.2, 0.25) is 0 Å². The van der Waals surface area contributed by atoms with Crippen LogP contribution in [0.15, 0.2) is 25.3 Å². The highest BCUT2D eigenvalue weighted by molar-refractivity contribution is 5.37. The van der Waals surface area contributed by atoms with Gasteiger partial charge in [0.05, 0.1) is 5.35 Å². The van der Waals surface area contributed by atoms with Crippen LogP contribution >= 0.6 is 0 Å². The molecular weight excluding hydrogens is 138 g/mol. The first-order valence-corrected chi connectivity index (χ1v) is 3.21. The molecule has 1 N–H and O–H groups in total. The monoisotopic (exact) mass is 147 g/mol. The van der Waals surface area contributed by atoms with Gasteiger partial charge in [-0.15, -0.1) is 5.10 Å². The van der Waals surface area contributed by atoms with E-state index in [0.29, 0.717) is 0 Å². The van der Waals surface area contributed by atoms with Crippen molar-refractivity contribution in [2.75, 3.05) is 0 Å². The molecule has 0 amide bonds. The van der Waals surface area contributed by atoms with Crippen molar-refractivity contribution in [1.82, 2.24) is 15.4 Å². The minimum Gasteiger partial charge on any atom is -0.258 e. The fourth-order valence-corrected chi connectivity index (χ4v) is 0.719. The van der Waals surface area contributed by atoms with Crippen LogP contribution in [0.25, 0.3) is 12.2 Å². The lowest BCUT2D eigenvalue weighted by Gasteiger charge is -1.71. The summed E-state index contributed by atoms with van der Waals surface area (Å²) in [7, 11) is 0. The molecule has 0 aliphatic heterocycles. The highest BCUT2D eigenvalue weighted by Crippen LogP contribution is 1.62. The quantitative estimate of drug-likeness (QED) is 0.626. The zero-order valence-electron chi connectivity index (χ0n) is 6.12. The molecule has 1 aromatic heterocycles. The van der Waals surface area contributed by atoms with Gasteiger partial charge in [0.15, 0.2) is 0 Å². The molecule has 11 heavy (non-hydrogen) atoms. The average Bonchev–Trinajstić information content (AvgIpc) is 2.39. The number of H-pyrrole nitrogens is 1. The lowest BCUT2D eigenvalue weighted by Crippen LogP contribution is -2.23. The minimum absolute atomic E-state index is 0.778. The molecule has 1 heterocycles. The molecule has 0 atom stereocenters. The van der Waals surface area contributed by atoms with Crippen molar-refractivity contribution in [3.05, 3.63) is 36.0 Å². The van der Waals surface area contributed by atoms with Crippen molar-refractivity contribution in [2.45, 2.75) is 0 Å². The molecule has 0 radical (unpaired) electrons. The van der Waals surface area contributed by atoms with E-state index in [9.17, 15) is 0 Å². The van der Waals surface area contributed by atoms with Gasteiger partial charge in [0.1, 0.15) is 5.35 Å². The maximum atomic E-state index is 3.81. The van der Waals surface area contributed by atoms with Gasteiger partial charge < -0.3 is 0 Å². The Bertz CT molecular complexity index is 324. The molecule has 0 saturated carbocycles. The van der Waals surface area contributed by atoms with Crippen LogP contribution in [0.1, 0.15) is 0 Å². The lowest BCUT2D eigenvalue weighted by molar-refractivity contribution is 0.925. The Balaban J connectivity index is 3.38. The zero-order chi connectivity index (χ0) is 8.10. The second-order valence-corrected chi connectivity index (χ2v) is 1.92. The van der Waals surface area contributed by atoms with Crippen molar-refractivity contribution in [3.8, 4) is 0 Å². The summed E-state index contributed by atoms with van der Waals surface area (Å²) in [5.41, 5.74) is 0. The van der Waals surface area contributed by atoms with E-state index in [0.717, 1.165) is 10.7 Å². The molecule has 0 spiro atoms. The van der Waals surface area contributed by atoms with E-state index < -0.39 is 0 Å². The van der Waals surface area contributed by atoms with Crippen LogP contribution in [0.5, 0.6) is 0 Å². The summed E-state index contributed by atoms with van der Waals surface area (Å²) in [4.78, 5) is 0. The highest BCUT2D eigenvalue weighted by atomic mass is 15.3. The van der Waals surface area contributed by atoms with E-state index in [1.807, 2.05) is 0 Å². The van der Waals surface area contributed by atoms with E-state index in [4.69, 9.17) is 0 Å². The minimum atomic E-state index is 0.778. The molecule has 0 fully saturated rings. The first-order valence-electron chi connectivity index (χ1n) is 3.21. The van der Waals surface area contributed by atoms with Crippen molar-refractivity contribution in [1.29, 1.82) is 0 Å². The smallest absolute Gasteiger partial charge is 0.112 e. The van der Waals surface area contributed by atoms with Crippen LogP contribution in [0, 0.1) is 0 Å². The summed E-state index contributed by atoms with van der Waals surface area (Å²) >= 11 is 0. The maximum Gasteiger partial charge on any atom is 0.112 e. The number of hydrogen-bond acceptors (Lipinski definition) is 2. The molecule has 0 saturated heterocycles. The number of nitrogens with one attached hydrogen (secondary N) is 1. The van der Waals surface area contributed by atoms with Crippen molar-refractivity contribution >= 4 is 12.2 Å². The van der Waals surface area contributed by atoms with Gasteiger partial charge in [0.25, 0.3) is 0 Å². The van der Waals surface area contributed by atoms with Crippen LogP contribution in [-0.2, 0) is 0 Å². The fourth-order valence-electron chi connectivity index (χ4n) is 0.719. The third-order valence-electron chi connectivity index (χ3n) is 1.16. The third-order valence-corrected chi connectivity index (χ3v) is 1.16. The summed E-state index contributed by atoms with van der Waals surface area (Å²) in [5.74, 6) is 0. The van der Waals surface area contributed by atoms with Gasteiger partial charge in [0.2, 0.25) is 0 Å². The first kappa shape index (κ1) is 7.47. The first-order chi connectivity index (χ1) is 5.38. The molecule has 3 nitrogen and oxygen atoms in total. The Morgan fingerprint density at radius 3 is 2.55 bits per heavy atom. The molecule has 0 aromatic carbocycles. The number of aromatic nitrogens is 3. The van der Waals surface area contributed by atoms with Crippen molar-refractivity contribution in [2.24, 2.45) is 0 Å². The van der Waals surface area contributed by atoms with Gasteiger partial charge in [-0.05, 0) is 12.2 Å². The lowest BCUT2D eigenvalue weighted by atomic mass is 10.4. The predicted octanol–water partition coefficient (Wildman–Crippen LogP) is -0.262. The molecule has 0 aliphatic carbocycles. The molecule has 0 aliphatic rings. The Hall–Kier alpha value is -1.64. The van der Waals surface area contributed by atoms with Crippen molar-refractivity contribution in [3.63, 3.8) is 0 Å². The standard InChI is InChI=1S/C8H9N3/c1-3-5-7-8(6-4-2)10-11-9-7/h3-6H,1-2H2,(H,9,10)/b7-5+,8-6+. The molecular formula is C8H9N3. The van der Waals surface area contributed by atoms with E-state index in [2.05, 4.69) is 28.6 Å². The number of rotatable bonds is 2. The number of aromatic amines is 1. The van der Waals surface area contributed by atoms with Gasteiger partial charge in [-0.25, -0.2) is 0 Å². The predicted molar refractivity (Wildman–Crippen MR) is 45.0 cm³/mol. The fraction of sp³-hybridized carbons (Fsp3) is 0. The summed E-state index contributed by atoms with van der Waals surface area (Å²) in [6, 6.07) is 0. The average molecular weight is 147 g/mol. The van der Waals surface area contributed by atoms with Gasteiger partial charge in [0, 0.05) is 0 Å². The topological polar surface area (TPSA) is 41.6 Å². The highest BCUT2D eigenvalue weighted by Gasteiger charge is 1.83. The molecule has 1 rings (SSSR count). The van der Waals surface area contributed by atoms with Crippen LogP contribution in [0.4, 0.5) is 0 Å². The SMILES string of the molecule is C=C/C=c1/nn[nH]/c1=C/C=C. The zero-order valence-corrected chi connectivity index (χ0v) is 6.12. The maximum absolute atomic E-state index is 3.81. The van der Waals surface area contributed by atoms with Gasteiger partial charge in [-0.1, -0.05) is 30.5 Å². The Kier molecular flexibility index (Phi) is 2.38. The van der Waals surface area contributed by atoms with Crippen LogP contribution < -0.4 is 10.7 Å². The summed E-state index contributed by atoms with van der Waals surface area (Å²) in [6.45, 7) is 7.13. The largest absolute Gasteiger partial charge is 0.258 e. The summed E-state index contributed by atoms with van der Waals surface area (Å²) in [6.07, 6.45) is 6.92. The third kappa shape index (κ3) is 1.64. The number of allylic oxidation sites excluding steroid dienone is 2. The normalized spacial score (nSPS) is 13.5. The Morgan fingerprint density at radius 1 is 1.18 bits per heavy atom. The second-order valence-electron chi connectivity index (χ2n) is 1.92. The van der Waals surface area contributed by atoms with Crippen LogP contribution in [-0.4, -0.2) is 15.4 Å². The Morgan fingerprint density at radius 2 is 1.91 bits per heavy atom. The summed E-state index contributed by atoms with van der Waals surface area (Å²) in [5, 5.41) is 11.8. The Labute approximate surface area is 64.4 Å². The van der Waals surface area contributed by atoms with Gasteiger partial charge in [-0.3, -0.25) is 5.10 Å². The number of hydrogen-bond donors (Lipinski definition) is 1. The van der Waals surface area contributed by atoms with Gasteiger partial charge in [-0.2, -0.15) is 0 Å². The van der Waals surface area contributed by atoms with E-state index in [-0.39, 0.29) is 0 Å². The van der Waals surface area contributed by atoms with Gasteiger partial charge >= 0.3 is 0 Å². The summed E-state index contributed by atoms with van der Waals surface area (Å²) < 4.78 is 0. The van der Waals surface area contributed by atoms with E-state index in [1.54, 1.807) is 24.3 Å². The molecule has 0 unspecified atom stereocenters. The number of nitrogens with zero attached hydrogens (tertiary/aromatic N) is 2. The molecule has 1 aromatic rings. The molecule has 56 valence electrons. The van der Waals surface area contributed by atoms with E-state index >= 15 is 0 Å². The molecule has 0 bridgehead atoms. The van der Waals surface area contributed by atoms with Crippen LogP contribution in [0.3, 0.4) is 0 Å². The molecule has 3 heteroatoms.